The van der Waals surface area contributed by atoms with Crippen molar-refractivity contribution in [3.8, 4) is 5.75 Å². The number of carbonyl (C=O) groups excluding carboxylic acids is 1. The van der Waals surface area contributed by atoms with Crippen molar-refractivity contribution in [3.05, 3.63) is 52.3 Å². The Balaban J connectivity index is 1.96. The average Bonchev–Trinajstić information content (AvgIpc) is 2.87. The molecule has 0 aliphatic carbocycles. The minimum absolute atomic E-state index is 0.0520. The van der Waals surface area contributed by atoms with Crippen LogP contribution in [0, 0.1) is 10.1 Å². The number of nitrogens with zero attached hydrogens (tertiary/aromatic N) is 3. The van der Waals surface area contributed by atoms with E-state index in [1.165, 1.54) is 17.1 Å². The fourth-order valence-corrected chi connectivity index (χ4v) is 1.82. The topological polar surface area (TPSA) is 99.3 Å². The Morgan fingerprint density at radius 2 is 2.00 bits per heavy atom. The number of aromatic nitrogens is 2. The van der Waals surface area contributed by atoms with Gasteiger partial charge in [-0.25, -0.2) is 4.79 Å². The largest absolute Gasteiger partial charge is 0.413 e. The Bertz CT molecular complexity index is 701. The second-order valence-corrected chi connectivity index (χ2v) is 6.06. The number of nitrogens with one attached hydrogen (secondary N) is 1. The van der Waals surface area contributed by atoms with E-state index in [4.69, 9.17) is 4.74 Å². The Hall–Kier alpha value is -2.90. The first-order chi connectivity index (χ1) is 10.7. The van der Waals surface area contributed by atoms with Crippen molar-refractivity contribution in [1.29, 1.82) is 0 Å². The van der Waals surface area contributed by atoms with E-state index in [1.807, 2.05) is 20.8 Å². The van der Waals surface area contributed by atoms with Crippen LogP contribution in [0.1, 0.15) is 26.3 Å². The van der Waals surface area contributed by atoms with Crippen LogP contribution < -0.4 is 10.1 Å². The summed E-state index contributed by atoms with van der Waals surface area (Å²) in [5.41, 5.74) is 0.460. The van der Waals surface area contributed by atoms with Crippen molar-refractivity contribution in [2.75, 3.05) is 0 Å². The van der Waals surface area contributed by atoms with Crippen molar-refractivity contribution in [2.24, 2.45) is 0 Å². The normalized spacial score (nSPS) is 11.1. The van der Waals surface area contributed by atoms with Gasteiger partial charge in [0.05, 0.1) is 11.5 Å². The number of benzene rings is 1. The van der Waals surface area contributed by atoms with E-state index < -0.39 is 11.0 Å². The molecule has 0 atom stereocenters. The van der Waals surface area contributed by atoms with Crippen molar-refractivity contribution >= 4 is 11.8 Å². The zero-order valence-electron chi connectivity index (χ0n) is 13.1. The van der Waals surface area contributed by atoms with Crippen LogP contribution in [-0.2, 0) is 6.54 Å². The van der Waals surface area contributed by atoms with Gasteiger partial charge in [-0.1, -0.05) is 12.1 Å². The van der Waals surface area contributed by atoms with E-state index in [2.05, 4.69) is 10.4 Å². The highest BCUT2D eigenvalue weighted by Crippen LogP contribution is 2.15. The Morgan fingerprint density at radius 3 is 2.52 bits per heavy atom. The van der Waals surface area contributed by atoms with Gasteiger partial charge >= 0.3 is 11.8 Å². The number of nitro groups is 1. The van der Waals surface area contributed by atoms with Crippen LogP contribution in [0.2, 0.25) is 0 Å². The summed E-state index contributed by atoms with van der Waals surface area (Å²) in [6.45, 7) is 5.98. The highest BCUT2D eigenvalue weighted by atomic mass is 16.6. The van der Waals surface area contributed by atoms with Crippen LogP contribution in [0.3, 0.4) is 0 Å². The van der Waals surface area contributed by atoms with Crippen LogP contribution in [0.25, 0.3) is 0 Å². The van der Waals surface area contributed by atoms with Gasteiger partial charge in [0.2, 0.25) is 0 Å². The maximum absolute atomic E-state index is 11.7. The van der Waals surface area contributed by atoms with E-state index in [1.54, 1.807) is 24.3 Å². The smallest absolute Gasteiger partial charge is 0.410 e. The fourth-order valence-electron chi connectivity index (χ4n) is 1.82. The first-order valence-corrected chi connectivity index (χ1v) is 6.99. The third kappa shape index (κ3) is 5.10. The third-order valence-electron chi connectivity index (χ3n) is 2.79. The van der Waals surface area contributed by atoms with E-state index >= 15 is 0 Å². The molecule has 1 aromatic carbocycles. The quantitative estimate of drug-likeness (QED) is 0.690. The molecule has 0 aliphatic heterocycles. The lowest BCUT2D eigenvalue weighted by atomic mass is 10.1. The molecule has 0 bridgehead atoms. The van der Waals surface area contributed by atoms with E-state index in [-0.39, 0.29) is 11.2 Å². The first kappa shape index (κ1) is 16.5. The van der Waals surface area contributed by atoms with Crippen molar-refractivity contribution in [2.45, 2.75) is 32.9 Å². The molecule has 0 unspecified atom stereocenters. The molecule has 1 N–H and O–H groups in total. The third-order valence-corrected chi connectivity index (χ3v) is 2.79. The number of carbonyl (C=O) groups is 1. The van der Waals surface area contributed by atoms with Gasteiger partial charge in [-0.2, -0.15) is 5.10 Å². The van der Waals surface area contributed by atoms with Gasteiger partial charge in [0.1, 0.15) is 18.1 Å². The Labute approximate surface area is 133 Å². The molecule has 0 spiro atoms. The molecular formula is C15H18N4O4. The summed E-state index contributed by atoms with van der Waals surface area (Å²) in [6, 6.07) is 6.87. The van der Waals surface area contributed by atoms with E-state index in [0.717, 1.165) is 5.56 Å². The minimum Gasteiger partial charge on any atom is -0.410 e. The van der Waals surface area contributed by atoms with Crippen molar-refractivity contribution in [3.63, 3.8) is 0 Å². The Morgan fingerprint density at radius 1 is 1.35 bits per heavy atom. The fraction of sp³-hybridized carbons (Fsp3) is 0.333. The molecule has 2 rings (SSSR count). The molecule has 8 heteroatoms. The van der Waals surface area contributed by atoms with Crippen LogP contribution in [-0.4, -0.2) is 26.3 Å². The molecular weight excluding hydrogens is 300 g/mol. The van der Waals surface area contributed by atoms with Gasteiger partial charge in [-0.15, -0.1) is 0 Å². The SMILES string of the molecule is CC(C)(C)NC(=O)Oc1ccc(Cn2cc([N+](=O)[O-])cn2)cc1. The summed E-state index contributed by atoms with van der Waals surface area (Å²) < 4.78 is 6.64. The van der Waals surface area contributed by atoms with Gasteiger partial charge in [-0.05, 0) is 38.5 Å². The molecule has 0 aliphatic rings. The number of hydrogen-bond acceptors (Lipinski definition) is 5. The maximum Gasteiger partial charge on any atom is 0.413 e. The summed E-state index contributed by atoms with van der Waals surface area (Å²) in [5.74, 6) is 0.418. The van der Waals surface area contributed by atoms with Gasteiger partial charge in [0.25, 0.3) is 0 Å². The van der Waals surface area contributed by atoms with Crippen molar-refractivity contribution < 1.29 is 14.5 Å². The number of rotatable bonds is 4. The summed E-state index contributed by atoms with van der Waals surface area (Å²) in [7, 11) is 0. The predicted octanol–water partition coefficient (Wildman–Crippen LogP) is 2.73. The predicted molar refractivity (Wildman–Crippen MR) is 83.3 cm³/mol. The highest BCUT2D eigenvalue weighted by Gasteiger charge is 2.15. The highest BCUT2D eigenvalue weighted by molar-refractivity contribution is 5.71. The molecule has 1 aromatic heterocycles. The molecule has 1 heterocycles. The average molecular weight is 318 g/mol. The summed E-state index contributed by atoms with van der Waals surface area (Å²) >= 11 is 0. The minimum atomic E-state index is -0.520. The molecule has 1 amide bonds. The first-order valence-electron chi connectivity index (χ1n) is 6.99. The maximum atomic E-state index is 11.7. The number of ether oxygens (including phenoxy) is 1. The van der Waals surface area contributed by atoms with Gasteiger partial charge < -0.3 is 10.1 Å². The summed E-state index contributed by atoms with van der Waals surface area (Å²) in [6.07, 6.45) is 2.04. The van der Waals surface area contributed by atoms with Gasteiger partial charge in [-0.3, -0.25) is 14.8 Å². The molecule has 23 heavy (non-hydrogen) atoms. The van der Waals surface area contributed by atoms with Crippen LogP contribution in [0.4, 0.5) is 10.5 Å². The lowest BCUT2D eigenvalue weighted by Crippen LogP contribution is -2.42. The molecule has 0 radical (unpaired) electrons. The molecule has 2 aromatic rings. The molecule has 122 valence electrons. The monoisotopic (exact) mass is 318 g/mol. The number of hydrogen-bond donors (Lipinski definition) is 1. The van der Waals surface area contributed by atoms with Gasteiger partial charge in [0, 0.05) is 5.54 Å². The molecule has 0 saturated carbocycles. The number of amides is 1. The molecule has 8 nitrogen and oxygen atoms in total. The molecule has 0 saturated heterocycles. The molecule has 0 fully saturated rings. The standard InChI is InChI=1S/C15H18N4O4/c1-15(2,3)17-14(20)23-13-6-4-11(5-7-13)9-18-10-12(8-16-18)19(21)22/h4-8,10H,9H2,1-3H3,(H,17,20). The van der Waals surface area contributed by atoms with Crippen LogP contribution >= 0.6 is 0 Å². The second kappa shape index (κ2) is 6.47. The van der Waals surface area contributed by atoms with Gasteiger partial charge in [0.15, 0.2) is 0 Å². The van der Waals surface area contributed by atoms with E-state index in [9.17, 15) is 14.9 Å². The lowest BCUT2D eigenvalue weighted by molar-refractivity contribution is -0.385. The Kier molecular flexibility index (Phi) is 4.63. The van der Waals surface area contributed by atoms with Crippen LogP contribution in [0.15, 0.2) is 36.7 Å². The van der Waals surface area contributed by atoms with Crippen molar-refractivity contribution in [1.82, 2.24) is 15.1 Å². The second-order valence-electron chi connectivity index (χ2n) is 6.06. The van der Waals surface area contributed by atoms with Crippen LogP contribution in [0.5, 0.6) is 5.75 Å². The lowest BCUT2D eigenvalue weighted by Gasteiger charge is -2.19. The summed E-state index contributed by atoms with van der Waals surface area (Å²) in [4.78, 5) is 21.8. The summed E-state index contributed by atoms with van der Waals surface area (Å²) in [5, 5.41) is 17.2. The van der Waals surface area contributed by atoms with E-state index in [0.29, 0.717) is 12.3 Å². The zero-order valence-corrected chi connectivity index (χ0v) is 13.1. The zero-order chi connectivity index (χ0) is 17.0.